The van der Waals surface area contributed by atoms with Crippen molar-refractivity contribution in [2.24, 2.45) is 0 Å². The van der Waals surface area contributed by atoms with Crippen LogP contribution in [0, 0.1) is 10.1 Å². The van der Waals surface area contributed by atoms with Crippen LogP contribution >= 0.6 is 0 Å². The summed E-state index contributed by atoms with van der Waals surface area (Å²) in [5.74, 6) is 0.749. The quantitative estimate of drug-likeness (QED) is 0.515. The molecule has 4 rings (SSSR count). The lowest BCUT2D eigenvalue weighted by atomic mass is 10.1. The fourth-order valence-electron chi connectivity index (χ4n) is 3.34. The summed E-state index contributed by atoms with van der Waals surface area (Å²) >= 11 is 0. The summed E-state index contributed by atoms with van der Waals surface area (Å²) in [4.78, 5) is 10.8. The molecule has 0 saturated carbocycles. The van der Waals surface area contributed by atoms with Gasteiger partial charge in [-0.1, -0.05) is 0 Å². The molecule has 2 aromatic carbocycles. The first-order chi connectivity index (χ1) is 12.7. The van der Waals surface area contributed by atoms with Crippen molar-refractivity contribution in [3.8, 4) is 17.0 Å². The van der Waals surface area contributed by atoms with Gasteiger partial charge in [0.1, 0.15) is 11.4 Å². The van der Waals surface area contributed by atoms with Crippen molar-refractivity contribution in [3.05, 3.63) is 52.6 Å². The molecule has 1 aliphatic rings. The van der Waals surface area contributed by atoms with Gasteiger partial charge >= 0.3 is 0 Å². The van der Waals surface area contributed by atoms with Crippen LogP contribution in [0.5, 0.6) is 5.75 Å². The van der Waals surface area contributed by atoms with Gasteiger partial charge in [-0.3, -0.25) is 10.1 Å². The van der Waals surface area contributed by atoms with E-state index in [0.717, 1.165) is 41.5 Å². The molecule has 0 aliphatic carbocycles. The number of hydrogen-bond donors (Lipinski definition) is 0. The van der Waals surface area contributed by atoms with Gasteiger partial charge in [0, 0.05) is 29.7 Å². The van der Waals surface area contributed by atoms with E-state index in [-0.39, 0.29) is 16.8 Å². The Morgan fingerprint density at radius 1 is 1.23 bits per heavy atom. The maximum Gasteiger partial charge on any atom is 0.270 e. The van der Waals surface area contributed by atoms with Crippen LogP contribution in [-0.4, -0.2) is 28.4 Å². The molecule has 1 aromatic heterocycles. The molecule has 0 radical (unpaired) electrons. The molecule has 134 valence electrons. The first-order valence-corrected chi connectivity index (χ1v) is 8.60. The molecule has 2 heterocycles. The molecule has 0 amide bonds. The summed E-state index contributed by atoms with van der Waals surface area (Å²) in [7, 11) is 1.61. The second kappa shape index (κ2) is 6.76. The fraction of sp³-hybridized carbons (Fsp3) is 0.316. The van der Waals surface area contributed by atoms with Crippen molar-refractivity contribution < 1.29 is 14.4 Å². The third-order valence-electron chi connectivity index (χ3n) is 4.69. The number of hydrogen-bond acceptors (Lipinski definition) is 5. The fourth-order valence-corrected chi connectivity index (χ4v) is 3.34. The second-order valence-electron chi connectivity index (χ2n) is 6.30. The topological polar surface area (TPSA) is 79.4 Å². The average molecular weight is 353 g/mol. The minimum Gasteiger partial charge on any atom is -0.497 e. The van der Waals surface area contributed by atoms with E-state index in [4.69, 9.17) is 14.6 Å². The molecule has 0 N–H and O–H groups in total. The average Bonchev–Trinajstić information content (AvgIpc) is 3.07. The van der Waals surface area contributed by atoms with E-state index < -0.39 is 0 Å². The minimum absolute atomic E-state index is 0.0522. The van der Waals surface area contributed by atoms with Crippen LogP contribution in [0.1, 0.15) is 25.5 Å². The Kier molecular flexibility index (Phi) is 4.30. The highest BCUT2D eigenvalue weighted by atomic mass is 16.6. The first-order valence-electron chi connectivity index (χ1n) is 8.60. The standard InChI is InChI=1S/C19H19N3O4/c1-25-15-8-5-13(6-9-15)19-16-12-14(22(23)24)7-10-17(16)21(20-19)18-4-2-3-11-26-18/h5-10,12,18H,2-4,11H2,1H3. The third-order valence-corrected chi connectivity index (χ3v) is 4.69. The first kappa shape index (κ1) is 16.5. The zero-order chi connectivity index (χ0) is 18.1. The third kappa shape index (κ3) is 2.90. The number of methoxy groups -OCH3 is 1. The number of aromatic nitrogens is 2. The zero-order valence-electron chi connectivity index (χ0n) is 14.4. The number of rotatable bonds is 4. The highest BCUT2D eigenvalue weighted by Crippen LogP contribution is 2.35. The van der Waals surface area contributed by atoms with E-state index in [2.05, 4.69) is 0 Å². The molecule has 7 heteroatoms. The van der Waals surface area contributed by atoms with Gasteiger partial charge in [0.15, 0.2) is 6.23 Å². The lowest BCUT2D eigenvalue weighted by molar-refractivity contribution is -0.384. The largest absolute Gasteiger partial charge is 0.497 e. The van der Waals surface area contributed by atoms with Crippen molar-refractivity contribution in [2.45, 2.75) is 25.5 Å². The lowest BCUT2D eigenvalue weighted by Crippen LogP contribution is -2.19. The normalized spacial score (nSPS) is 17.3. The summed E-state index contributed by atoms with van der Waals surface area (Å²) in [6.07, 6.45) is 2.87. The molecule has 1 unspecified atom stereocenters. The summed E-state index contributed by atoms with van der Waals surface area (Å²) in [5, 5.41) is 16.7. The Hall–Kier alpha value is -2.93. The monoisotopic (exact) mass is 353 g/mol. The molecule has 0 spiro atoms. The van der Waals surface area contributed by atoms with E-state index >= 15 is 0 Å². The van der Waals surface area contributed by atoms with Gasteiger partial charge in [0.2, 0.25) is 0 Å². The molecule has 1 atom stereocenters. The minimum atomic E-state index is -0.383. The van der Waals surface area contributed by atoms with E-state index in [9.17, 15) is 10.1 Å². The van der Waals surface area contributed by atoms with Gasteiger partial charge in [-0.2, -0.15) is 5.10 Å². The number of nitro benzene ring substituents is 1. The number of non-ortho nitro benzene ring substituents is 1. The van der Waals surface area contributed by atoms with Gasteiger partial charge in [0.25, 0.3) is 5.69 Å². The number of benzene rings is 2. The van der Waals surface area contributed by atoms with E-state index in [1.165, 1.54) is 6.07 Å². The SMILES string of the molecule is COc1ccc(-c2nn(C3CCCCO3)c3ccc([N+](=O)[O-])cc23)cc1. The smallest absolute Gasteiger partial charge is 0.270 e. The molecular weight excluding hydrogens is 334 g/mol. The van der Waals surface area contributed by atoms with Crippen LogP contribution < -0.4 is 4.74 Å². The van der Waals surface area contributed by atoms with Crippen molar-refractivity contribution >= 4 is 16.6 Å². The van der Waals surface area contributed by atoms with E-state index in [0.29, 0.717) is 12.3 Å². The van der Waals surface area contributed by atoms with Gasteiger partial charge in [-0.15, -0.1) is 0 Å². The Morgan fingerprint density at radius 3 is 2.69 bits per heavy atom. The van der Waals surface area contributed by atoms with Crippen molar-refractivity contribution in [3.63, 3.8) is 0 Å². The van der Waals surface area contributed by atoms with Gasteiger partial charge in [-0.05, 0) is 49.6 Å². The maximum absolute atomic E-state index is 11.2. The molecule has 0 bridgehead atoms. The van der Waals surface area contributed by atoms with Gasteiger partial charge < -0.3 is 9.47 Å². The summed E-state index contributed by atoms with van der Waals surface area (Å²) in [6, 6.07) is 12.4. The van der Waals surface area contributed by atoms with Crippen molar-refractivity contribution in [1.29, 1.82) is 0 Å². The van der Waals surface area contributed by atoms with Crippen LogP contribution in [-0.2, 0) is 4.74 Å². The van der Waals surface area contributed by atoms with Crippen molar-refractivity contribution in [1.82, 2.24) is 9.78 Å². The molecule has 7 nitrogen and oxygen atoms in total. The summed E-state index contributed by atoms with van der Waals surface area (Å²) in [6.45, 7) is 0.705. The predicted molar refractivity (Wildman–Crippen MR) is 97.2 cm³/mol. The Labute approximate surface area is 150 Å². The summed E-state index contributed by atoms with van der Waals surface area (Å²) < 4.78 is 12.9. The zero-order valence-corrected chi connectivity index (χ0v) is 14.4. The number of fused-ring (bicyclic) bond motifs is 1. The van der Waals surface area contributed by atoms with Crippen LogP contribution in [0.2, 0.25) is 0 Å². The molecule has 1 saturated heterocycles. The highest BCUT2D eigenvalue weighted by Gasteiger charge is 2.23. The Morgan fingerprint density at radius 2 is 2.04 bits per heavy atom. The number of nitrogens with zero attached hydrogens (tertiary/aromatic N) is 3. The number of nitro groups is 1. The van der Waals surface area contributed by atoms with E-state index in [1.54, 1.807) is 19.2 Å². The van der Waals surface area contributed by atoms with Crippen LogP contribution in [0.15, 0.2) is 42.5 Å². The second-order valence-corrected chi connectivity index (χ2v) is 6.30. The molecule has 26 heavy (non-hydrogen) atoms. The van der Waals surface area contributed by atoms with Crippen molar-refractivity contribution in [2.75, 3.05) is 13.7 Å². The molecule has 1 fully saturated rings. The van der Waals surface area contributed by atoms with Gasteiger partial charge in [0.05, 0.1) is 17.5 Å². The molecule has 3 aromatic rings. The maximum atomic E-state index is 11.2. The Balaban J connectivity index is 1.88. The van der Waals surface area contributed by atoms with Crippen LogP contribution in [0.3, 0.4) is 0 Å². The highest BCUT2D eigenvalue weighted by molar-refractivity contribution is 5.94. The Bertz CT molecular complexity index is 943. The van der Waals surface area contributed by atoms with Crippen LogP contribution in [0.25, 0.3) is 22.2 Å². The predicted octanol–water partition coefficient (Wildman–Crippen LogP) is 4.32. The molecule has 1 aliphatic heterocycles. The summed E-state index contributed by atoms with van der Waals surface area (Å²) in [5.41, 5.74) is 2.48. The lowest BCUT2D eigenvalue weighted by Gasteiger charge is -2.23. The van der Waals surface area contributed by atoms with Crippen LogP contribution in [0.4, 0.5) is 5.69 Å². The number of ether oxygens (including phenoxy) is 2. The van der Waals surface area contributed by atoms with E-state index in [1.807, 2.05) is 28.9 Å². The molecular formula is C19H19N3O4. The van der Waals surface area contributed by atoms with Gasteiger partial charge in [-0.25, -0.2) is 4.68 Å².